The summed E-state index contributed by atoms with van der Waals surface area (Å²) < 4.78 is 5.13. The summed E-state index contributed by atoms with van der Waals surface area (Å²) in [5, 5.41) is 8.30. The van der Waals surface area contributed by atoms with Gasteiger partial charge in [0.05, 0.1) is 23.6 Å². The van der Waals surface area contributed by atoms with Gasteiger partial charge in [-0.15, -0.1) is 0 Å². The van der Waals surface area contributed by atoms with Crippen LogP contribution >= 0.6 is 11.3 Å². The van der Waals surface area contributed by atoms with Crippen LogP contribution in [-0.4, -0.2) is 41.3 Å². The summed E-state index contributed by atoms with van der Waals surface area (Å²) in [5.41, 5.74) is 1.94. The van der Waals surface area contributed by atoms with Crippen molar-refractivity contribution in [1.82, 2.24) is 10.3 Å². The molecule has 1 atom stereocenters. The number of nitrogens with one attached hydrogen (secondary N) is 3. The number of carbonyl (C=O) groups is 4. The van der Waals surface area contributed by atoms with Gasteiger partial charge in [-0.1, -0.05) is 53.8 Å². The number of anilines is 2. The summed E-state index contributed by atoms with van der Waals surface area (Å²) in [5.74, 6) is -1.69. The van der Waals surface area contributed by atoms with Gasteiger partial charge < -0.3 is 20.7 Å². The van der Waals surface area contributed by atoms with Gasteiger partial charge in [0.25, 0.3) is 5.91 Å². The lowest BCUT2D eigenvalue weighted by atomic mass is 10.1. The molecule has 3 N–H and O–H groups in total. The van der Waals surface area contributed by atoms with Crippen LogP contribution in [0.15, 0.2) is 54.6 Å². The molecule has 1 aliphatic heterocycles. The second kappa shape index (κ2) is 10.3. The molecular formula is C24H22N4O5S. The second-order valence-corrected chi connectivity index (χ2v) is 8.43. The van der Waals surface area contributed by atoms with E-state index in [-0.39, 0.29) is 35.4 Å². The van der Waals surface area contributed by atoms with Crippen LogP contribution in [0.1, 0.15) is 39.8 Å². The Labute approximate surface area is 199 Å². The molecule has 0 radical (unpaired) electrons. The van der Waals surface area contributed by atoms with E-state index in [9.17, 15) is 19.2 Å². The van der Waals surface area contributed by atoms with Crippen LogP contribution in [0.2, 0.25) is 0 Å². The zero-order valence-electron chi connectivity index (χ0n) is 18.3. The van der Waals surface area contributed by atoms with Crippen molar-refractivity contribution >= 4 is 45.8 Å². The number of aromatic nitrogens is 1. The van der Waals surface area contributed by atoms with Crippen molar-refractivity contribution in [1.29, 1.82) is 0 Å². The Morgan fingerprint density at radius 2 is 1.82 bits per heavy atom. The van der Waals surface area contributed by atoms with E-state index in [0.29, 0.717) is 16.9 Å². The molecule has 1 unspecified atom stereocenters. The van der Waals surface area contributed by atoms with Crippen molar-refractivity contribution in [2.75, 3.05) is 17.2 Å². The molecule has 3 aromatic rings. The fraction of sp³-hybridized carbons (Fsp3) is 0.208. The van der Waals surface area contributed by atoms with Crippen LogP contribution in [-0.2, 0) is 14.3 Å². The van der Waals surface area contributed by atoms with Gasteiger partial charge in [0.2, 0.25) is 11.8 Å². The molecule has 174 valence electrons. The van der Waals surface area contributed by atoms with E-state index in [4.69, 9.17) is 4.74 Å². The highest BCUT2D eigenvalue weighted by atomic mass is 32.1. The molecule has 0 fully saturated rings. The number of esters is 1. The van der Waals surface area contributed by atoms with Gasteiger partial charge in [-0.3, -0.25) is 14.4 Å². The molecule has 2 aromatic carbocycles. The normalized spacial score (nSPS) is 14.9. The van der Waals surface area contributed by atoms with E-state index in [1.807, 2.05) is 30.3 Å². The van der Waals surface area contributed by atoms with E-state index in [1.165, 1.54) is 0 Å². The highest BCUT2D eigenvalue weighted by Crippen LogP contribution is 2.32. The maximum Gasteiger partial charge on any atom is 0.350 e. The summed E-state index contributed by atoms with van der Waals surface area (Å²) in [6.07, 6.45) is 0.0583. The van der Waals surface area contributed by atoms with Crippen molar-refractivity contribution in [3.05, 3.63) is 65.0 Å². The SMILES string of the molecule is CCOC(=O)c1sc(NC(=O)CCC2NC(=O)c3ccccc3NC2=O)nc1-c1ccccc1. The van der Waals surface area contributed by atoms with Gasteiger partial charge in [-0.2, -0.15) is 0 Å². The van der Waals surface area contributed by atoms with E-state index in [1.54, 1.807) is 31.2 Å². The fourth-order valence-corrected chi connectivity index (χ4v) is 4.37. The number of thiazole rings is 1. The average Bonchev–Trinajstić information content (AvgIpc) is 3.21. The molecule has 0 aliphatic carbocycles. The van der Waals surface area contributed by atoms with Crippen LogP contribution < -0.4 is 16.0 Å². The lowest BCUT2D eigenvalue weighted by Gasteiger charge is -2.13. The number of rotatable bonds is 7. The number of ether oxygens (including phenoxy) is 1. The maximum absolute atomic E-state index is 12.6. The van der Waals surface area contributed by atoms with E-state index in [2.05, 4.69) is 20.9 Å². The third-order valence-electron chi connectivity index (χ3n) is 5.09. The summed E-state index contributed by atoms with van der Waals surface area (Å²) >= 11 is 1.02. The summed E-state index contributed by atoms with van der Waals surface area (Å²) in [4.78, 5) is 54.7. The molecule has 9 nitrogen and oxygen atoms in total. The molecule has 0 spiro atoms. The molecule has 0 saturated heterocycles. The summed E-state index contributed by atoms with van der Waals surface area (Å²) in [6.45, 7) is 1.93. The summed E-state index contributed by atoms with van der Waals surface area (Å²) in [7, 11) is 0. The van der Waals surface area contributed by atoms with Gasteiger partial charge >= 0.3 is 5.97 Å². The zero-order chi connectivity index (χ0) is 24.1. The number of hydrogen-bond donors (Lipinski definition) is 3. The largest absolute Gasteiger partial charge is 0.462 e. The Kier molecular flexibility index (Phi) is 6.98. The van der Waals surface area contributed by atoms with Gasteiger partial charge in [0, 0.05) is 12.0 Å². The van der Waals surface area contributed by atoms with Crippen LogP contribution in [0.5, 0.6) is 0 Å². The van der Waals surface area contributed by atoms with Gasteiger partial charge in [0.1, 0.15) is 10.9 Å². The molecule has 1 aromatic heterocycles. The Morgan fingerprint density at radius 1 is 1.09 bits per heavy atom. The first-order valence-electron chi connectivity index (χ1n) is 10.7. The summed E-state index contributed by atoms with van der Waals surface area (Å²) in [6, 6.07) is 15.0. The highest BCUT2D eigenvalue weighted by Gasteiger charge is 2.28. The van der Waals surface area contributed by atoms with Gasteiger partial charge in [-0.25, -0.2) is 9.78 Å². The van der Waals surface area contributed by atoms with E-state index < -0.39 is 23.8 Å². The number of amides is 3. The highest BCUT2D eigenvalue weighted by molar-refractivity contribution is 7.18. The Bertz CT molecular complexity index is 1240. The van der Waals surface area contributed by atoms with E-state index >= 15 is 0 Å². The Morgan fingerprint density at radius 3 is 2.59 bits per heavy atom. The number of para-hydroxylation sites is 1. The minimum absolute atomic E-state index is 0.0380. The Hall–Kier alpha value is -4.05. The van der Waals surface area contributed by atoms with Crippen molar-refractivity contribution < 1.29 is 23.9 Å². The quantitative estimate of drug-likeness (QED) is 0.447. The third kappa shape index (κ3) is 5.12. The number of nitrogens with zero attached hydrogens (tertiary/aromatic N) is 1. The van der Waals surface area contributed by atoms with Gasteiger partial charge in [0.15, 0.2) is 5.13 Å². The molecule has 0 bridgehead atoms. The minimum atomic E-state index is -0.864. The number of carbonyl (C=O) groups excluding carboxylic acids is 4. The minimum Gasteiger partial charge on any atom is -0.462 e. The lowest BCUT2D eigenvalue weighted by Crippen LogP contribution is -2.41. The van der Waals surface area contributed by atoms with Crippen molar-refractivity contribution in [2.24, 2.45) is 0 Å². The topological polar surface area (TPSA) is 126 Å². The standard InChI is InChI=1S/C24H22N4O5S/c1-2-33-23(32)20-19(14-8-4-3-5-9-14)28-24(34-20)27-18(29)13-12-17-22(31)25-16-11-7-6-10-15(16)21(30)26-17/h3-11,17H,2,12-13H2,1H3,(H,25,31)(H,26,30)(H,27,28,29). The van der Waals surface area contributed by atoms with Crippen LogP contribution in [0.4, 0.5) is 10.8 Å². The predicted molar refractivity (Wildman–Crippen MR) is 128 cm³/mol. The van der Waals surface area contributed by atoms with Crippen LogP contribution in [0, 0.1) is 0 Å². The number of fused-ring (bicyclic) bond motifs is 1. The number of hydrogen-bond acceptors (Lipinski definition) is 7. The maximum atomic E-state index is 12.6. The van der Waals surface area contributed by atoms with Crippen LogP contribution in [0.3, 0.4) is 0 Å². The lowest BCUT2D eigenvalue weighted by molar-refractivity contribution is -0.118. The molecule has 2 heterocycles. The Balaban J connectivity index is 1.44. The fourth-order valence-electron chi connectivity index (χ4n) is 3.47. The smallest absolute Gasteiger partial charge is 0.350 e. The molecule has 34 heavy (non-hydrogen) atoms. The van der Waals surface area contributed by atoms with Crippen molar-refractivity contribution in [3.8, 4) is 11.3 Å². The first kappa shape index (κ1) is 23.1. The average molecular weight is 479 g/mol. The van der Waals surface area contributed by atoms with Gasteiger partial charge in [-0.05, 0) is 25.5 Å². The molecule has 0 saturated carbocycles. The second-order valence-electron chi connectivity index (χ2n) is 7.43. The molecular weight excluding hydrogens is 456 g/mol. The van der Waals surface area contributed by atoms with Crippen molar-refractivity contribution in [3.63, 3.8) is 0 Å². The van der Waals surface area contributed by atoms with Crippen molar-refractivity contribution in [2.45, 2.75) is 25.8 Å². The predicted octanol–water partition coefficient (Wildman–Crippen LogP) is 3.46. The number of benzene rings is 2. The molecule has 1 aliphatic rings. The molecule has 4 rings (SSSR count). The van der Waals surface area contributed by atoms with Crippen LogP contribution in [0.25, 0.3) is 11.3 Å². The molecule has 10 heteroatoms. The monoisotopic (exact) mass is 478 g/mol. The zero-order valence-corrected chi connectivity index (χ0v) is 19.1. The first-order chi connectivity index (χ1) is 16.5. The molecule has 3 amide bonds. The van der Waals surface area contributed by atoms with E-state index in [0.717, 1.165) is 16.9 Å². The first-order valence-corrected chi connectivity index (χ1v) is 11.5. The third-order valence-corrected chi connectivity index (χ3v) is 6.04.